The lowest BCUT2D eigenvalue weighted by Gasteiger charge is -2.00. The fourth-order valence-corrected chi connectivity index (χ4v) is 2.25. The maximum Gasteiger partial charge on any atom is 0.350 e. The van der Waals surface area contributed by atoms with E-state index in [9.17, 15) is 4.79 Å². The Kier molecular flexibility index (Phi) is 4.11. The molecule has 0 bridgehead atoms. The monoisotopic (exact) mass is 278 g/mol. The number of hydrogen-bond donors (Lipinski definition) is 0. The fourth-order valence-electron chi connectivity index (χ4n) is 1.42. The van der Waals surface area contributed by atoms with Crippen molar-refractivity contribution in [2.45, 2.75) is 20.8 Å². The van der Waals surface area contributed by atoms with Gasteiger partial charge in [0.25, 0.3) is 5.19 Å². The second-order valence-electron chi connectivity index (χ2n) is 3.85. The van der Waals surface area contributed by atoms with E-state index >= 15 is 0 Å². The molecule has 0 aliphatic carbocycles. The molecule has 0 saturated carbocycles. The lowest BCUT2D eigenvalue weighted by molar-refractivity contribution is 0.0531. The summed E-state index contributed by atoms with van der Waals surface area (Å²) >= 11 is 1.17. The van der Waals surface area contributed by atoms with Crippen LogP contribution in [0.15, 0.2) is 18.3 Å². The normalized spacial score (nSPS) is 10.3. The van der Waals surface area contributed by atoms with Crippen molar-refractivity contribution in [2.75, 3.05) is 6.61 Å². The van der Waals surface area contributed by atoms with Crippen LogP contribution in [0.2, 0.25) is 0 Å². The van der Waals surface area contributed by atoms with Gasteiger partial charge in [-0.3, -0.25) is 4.98 Å². The van der Waals surface area contributed by atoms with Crippen molar-refractivity contribution in [1.29, 1.82) is 0 Å². The molecule has 100 valence electrons. The summed E-state index contributed by atoms with van der Waals surface area (Å²) in [6, 6.07) is 3.66. The van der Waals surface area contributed by atoms with Crippen LogP contribution in [0.1, 0.15) is 28.0 Å². The SMILES string of the molecule is CCOC(=O)c1sc(Oc2ccc(C)nc2)nc1C. The smallest absolute Gasteiger partial charge is 0.350 e. The van der Waals surface area contributed by atoms with Crippen molar-refractivity contribution in [3.8, 4) is 10.9 Å². The fraction of sp³-hybridized carbons (Fsp3) is 0.308. The minimum Gasteiger partial charge on any atom is -0.462 e. The van der Waals surface area contributed by atoms with Gasteiger partial charge < -0.3 is 9.47 Å². The van der Waals surface area contributed by atoms with Crippen LogP contribution in [0.4, 0.5) is 0 Å². The highest BCUT2D eigenvalue weighted by molar-refractivity contribution is 7.15. The standard InChI is InChI=1S/C13H14N2O3S/c1-4-17-12(16)11-9(3)15-13(19-11)18-10-6-5-8(2)14-7-10/h5-7H,4H2,1-3H3. The van der Waals surface area contributed by atoms with Crippen molar-refractivity contribution >= 4 is 17.3 Å². The summed E-state index contributed by atoms with van der Waals surface area (Å²) in [4.78, 5) is 20.5. The first kappa shape index (κ1) is 13.5. The van der Waals surface area contributed by atoms with Crippen LogP contribution in [0.3, 0.4) is 0 Å². The lowest BCUT2D eigenvalue weighted by Crippen LogP contribution is -2.03. The number of thiazole rings is 1. The third-order valence-electron chi connectivity index (χ3n) is 2.33. The molecule has 2 aromatic heterocycles. The average molecular weight is 278 g/mol. The summed E-state index contributed by atoms with van der Waals surface area (Å²) in [5.41, 5.74) is 1.52. The quantitative estimate of drug-likeness (QED) is 0.804. The number of carbonyl (C=O) groups is 1. The number of pyridine rings is 1. The number of hydrogen-bond acceptors (Lipinski definition) is 6. The molecule has 0 unspecified atom stereocenters. The van der Waals surface area contributed by atoms with Gasteiger partial charge in [-0.15, -0.1) is 0 Å². The number of nitrogens with zero attached hydrogens (tertiary/aromatic N) is 2. The first-order valence-electron chi connectivity index (χ1n) is 5.85. The lowest BCUT2D eigenvalue weighted by atomic mass is 10.4. The van der Waals surface area contributed by atoms with Crippen LogP contribution < -0.4 is 4.74 Å². The van der Waals surface area contributed by atoms with Gasteiger partial charge in [-0.05, 0) is 32.9 Å². The summed E-state index contributed by atoms with van der Waals surface area (Å²) < 4.78 is 10.5. The second kappa shape index (κ2) is 5.79. The maximum atomic E-state index is 11.7. The molecule has 6 heteroatoms. The van der Waals surface area contributed by atoms with Gasteiger partial charge in [0.15, 0.2) is 0 Å². The van der Waals surface area contributed by atoms with Gasteiger partial charge in [-0.2, -0.15) is 0 Å². The first-order valence-corrected chi connectivity index (χ1v) is 6.67. The molecular weight excluding hydrogens is 264 g/mol. The van der Waals surface area contributed by atoms with Crippen molar-refractivity contribution in [3.05, 3.63) is 34.6 Å². The Labute approximate surface area is 115 Å². The Morgan fingerprint density at radius 1 is 1.37 bits per heavy atom. The van der Waals surface area contributed by atoms with Crippen LogP contribution in [0.5, 0.6) is 10.9 Å². The highest BCUT2D eigenvalue weighted by Gasteiger charge is 2.17. The Balaban J connectivity index is 2.16. The molecule has 0 atom stereocenters. The molecule has 5 nitrogen and oxygen atoms in total. The number of esters is 1. The molecule has 2 aromatic rings. The zero-order chi connectivity index (χ0) is 13.8. The second-order valence-corrected chi connectivity index (χ2v) is 4.81. The maximum absolute atomic E-state index is 11.7. The van der Waals surface area contributed by atoms with Crippen molar-refractivity contribution in [2.24, 2.45) is 0 Å². The van der Waals surface area contributed by atoms with Crippen LogP contribution in [-0.4, -0.2) is 22.5 Å². The number of ether oxygens (including phenoxy) is 2. The Morgan fingerprint density at radius 3 is 2.79 bits per heavy atom. The molecule has 0 aliphatic rings. The summed E-state index contributed by atoms with van der Waals surface area (Å²) in [5, 5.41) is 0.409. The van der Waals surface area contributed by atoms with E-state index in [1.807, 2.05) is 19.1 Å². The topological polar surface area (TPSA) is 61.3 Å². The molecule has 2 rings (SSSR count). The summed E-state index contributed by atoms with van der Waals surface area (Å²) in [6.07, 6.45) is 1.62. The number of rotatable bonds is 4. The highest BCUT2D eigenvalue weighted by Crippen LogP contribution is 2.29. The zero-order valence-electron chi connectivity index (χ0n) is 11.0. The van der Waals surface area contributed by atoms with Crippen molar-refractivity contribution in [1.82, 2.24) is 9.97 Å². The Hall–Kier alpha value is -1.95. The Morgan fingerprint density at radius 2 is 2.16 bits per heavy atom. The van der Waals surface area contributed by atoms with E-state index in [1.54, 1.807) is 20.0 Å². The summed E-state index contributed by atoms with van der Waals surface area (Å²) in [7, 11) is 0. The van der Waals surface area contributed by atoms with E-state index in [4.69, 9.17) is 9.47 Å². The van der Waals surface area contributed by atoms with E-state index in [0.717, 1.165) is 5.69 Å². The van der Waals surface area contributed by atoms with Gasteiger partial charge in [0.2, 0.25) is 0 Å². The minimum absolute atomic E-state index is 0.342. The molecular formula is C13H14N2O3S. The van der Waals surface area contributed by atoms with Crippen molar-refractivity contribution in [3.63, 3.8) is 0 Å². The number of carbonyl (C=O) groups excluding carboxylic acids is 1. The predicted molar refractivity (Wildman–Crippen MR) is 71.9 cm³/mol. The third kappa shape index (κ3) is 3.29. The van der Waals surface area contributed by atoms with E-state index < -0.39 is 0 Å². The van der Waals surface area contributed by atoms with E-state index in [2.05, 4.69) is 9.97 Å². The van der Waals surface area contributed by atoms with Gasteiger partial charge in [0.1, 0.15) is 10.6 Å². The molecule has 0 radical (unpaired) electrons. The largest absolute Gasteiger partial charge is 0.462 e. The Bertz CT molecular complexity index is 578. The van der Waals surface area contributed by atoms with Gasteiger partial charge in [-0.25, -0.2) is 9.78 Å². The number of aromatic nitrogens is 2. The number of aryl methyl sites for hydroxylation is 2. The van der Waals surface area contributed by atoms with Gasteiger partial charge >= 0.3 is 5.97 Å². The molecule has 0 aromatic carbocycles. The van der Waals surface area contributed by atoms with Gasteiger partial charge in [-0.1, -0.05) is 11.3 Å². The molecule has 19 heavy (non-hydrogen) atoms. The first-order chi connectivity index (χ1) is 9.10. The summed E-state index contributed by atoms with van der Waals surface area (Å²) in [5.74, 6) is 0.226. The molecule has 0 amide bonds. The van der Waals surface area contributed by atoms with Gasteiger partial charge in [0, 0.05) is 5.69 Å². The van der Waals surface area contributed by atoms with E-state index in [-0.39, 0.29) is 5.97 Å². The molecule has 0 fully saturated rings. The zero-order valence-corrected chi connectivity index (χ0v) is 11.8. The van der Waals surface area contributed by atoms with Crippen molar-refractivity contribution < 1.29 is 14.3 Å². The van der Waals surface area contributed by atoms with Crippen LogP contribution in [0, 0.1) is 13.8 Å². The molecule has 0 N–H and O–H groups in total. The van der Waals surface area contributed by atoms with E-state index in [0.29, 0.717) is 28.1 Å². The molecule has 2 heterocycles. The average Bonchev–Trinajstić information content (AvgIpc) is 2.74. The van der Waals surface area contributed by atoms with Crippen LogP contribution in [-0.2, 0) is 4.74 Å². The minimum atomic E-state index is -0.366. The van der Waals surface area contributed by atoms with Crippen LogP contribution >= 0.6 is 11.3 Å². The van der Waals surface area contributed by atoms with Crippen LogP contribution in [0.25, 0.3) is 0 Å². The van der Waals surface area contributed by atoms with E-state index in [1.165, 1.54) is 11.3 Å². The molecule has 0 spiro atoms. The third-order valence-corrected chi connectivity index (χ3v) is 3.34. The summed E-state index contributed by atoms with van der Waals surface area (Å²) in [6.45, 7) is 5.76. The highest BCUT2D eigenvalue weighted by atomic mass is 32.1. The molecule has 0 aliphatic heterocycles. The molecule has 0 saturated heterocycles. The predicted octanol–water partition coefficient (Wildman–Crippen LogP) is 3.12. The van der Waals surface area contributed by atoms with Gasteiger partial charge in [0.05, 0.1) is 18.5 Å².